The van der Waals surface area contributed by atoms with Gasteiger partial charge in [-0.1, -0.05) is 29.8 Å². The fourth-order valence-electron chi connectivity index (χ4n) is 2.50. The van der Waals surface area contributed by atoms with Gasteiger partial charge < -0.3 is 5.73 Å². The van der Waals surface area contributed by atoms with Crippen LogP contribution in [0.5, 0.6) is 0 Å². The molecule has 0 fully saturated rings. The van der Waals surface area contributed by atoms with Gasteiger partial charge in [0, 0.05) is 17.3 Å². The highest BCUT2D eigenvalue weighted by Gasteiger charge is 2.34. The molecule has 0 aliphatic carbocycles. The van der Waals surface area contributed by atoms with Crippen molar-refractivity contribution in [2.45, 2.75) is 13.1 Å². The molecule has 0 bridgehead atoms. The monoisotopic (exact) mass is 344 g/mol. The van der Waals surface area contributed by atoms with Crippen molar-refractivity contribution in [3.63, 3.8) is 0 Å². The number of halogens is 3. The van der Waals surface area contributed by atoms with E-state index in [1.54, 1.807) is 12.4 Å². The van der Waals surface area contributed by atoms with Crippen LogP contribution in [0.3, 0.4) is 0 Å². The smallest absolute Gasteiger partial charge is 0.384 e. The third kappa shape index (κ3) is 3.40. The Morgan fingerprint density at radius 2 is 1.76 bits per heavy atom. The van der Waals surface area contributed by atoms with E-state index in [4.69, 9.17) is 11.1 Å². The summed E-state index contributed by atoms with van der Waals surface area (Å²) in [5.74, 6) is -0.625. The second-order valence-corrected chi connectivity index (χ2v) is 5.68. The maximum atomic E-state index is 13.2. The first kappa shape index (κ1) is 16.8. The maximum absolute atomic E-state index is 13.2. The van der Waals surface area contributed by atoms with Gasteiger partial charge in [-0.2, -0.15) is 18.3 Å². The molecule has 7 heteroatoms. The van der Waals surface area contributed by atoms with Gasteiger partial charge in [-0.05, 0) is 30.7 Å². The molecule has 3 aromatic rings. The molecule has 0 aliphatic heterocycles. The van der Waals surface area contributed by atoms with E-state index < -0.39 is 17.6 Å². The minimum absolute atomic E-state index is 0.246. The number of aryl methyl sites for hydroxylation is 1. The van der Waals surface area contributed by atoms with Gasteiger partial charge in [0.05, 0.1) is 17.4 Å². The second-order valence-electron chi connectivity index (χ2n) is 5.68. The van der Waals surface area contributed by atoms with Crippen molar-refractivity contribution in [3.05, 3.63) is 71.5 Å². The molecular formula is C18H15F3N4. The number of alkyl halides is 3. The van der Waals surface area contributed by atoms with Gasteiger partial charge in [0.15, 0.2) is 0 Å². The average molecular weight is 344 g/mol. The van der Waals surface area contributed by atoms with Crippen molar-refractivity contribution in [1.29, 1.82) is 5.41 Å². The summed E-state index contributed by atoms with van der Waals surface area (Å²) >= 11 is 0. The highest BCUT2D eigenvalue weighted by Crippen LogP contribution is 2.33. The summed E-state index contributed by atoms with van der Waals surface area (Å²) in [4.78, 5) is 0. The summed E-state index contributed by atoms with van der Waals surface area (Å²) in [7, 11) is 0. The van der Waals surface area contributed by atoms with E-state index in [1.165, 1.54) is 16.8 Å². The Morgan fingerprint density at radius 1 is 1.08 bits per heavy atom. The summed E-state index contributed by atoms with van der Waals surface area (Å²) in [5, 5.41) is 11.5. The Labute approximate surface area is 142 Å². The van der Waals surface area contributed by atoms with Gasteiger partial charge in [-0.15, -0.1) is 0 Å². The van der Waals surface area contributed by atoms with E-state index in [2.05, 4.69) is 5.10 Å². The van der Waals surface area contributed by atoms with Crippen LogP contribution in [0.15, 0.2) is 54.9 Å². The zero-order valence-corrected chi connectivity index (χ0v) is 13.3. The van der Waals surface area contributed by atoms with E-state index >= 15 is 0 Å². The molecular weight excluding hydrogens is 329 g/mol. The highest BCUT2D eigenvalue weighted by atomic mass is 19.4. The van der Waals surface area contributed by atoms with Crippen LogP contribution < -0.4 is 5.73 Å². The standard InChI is InChI=1S/C18H15F3N4/c1-11-2-4-12(5-3-11)13-9-24-25(10-13)14-6-7-15(17(22)23)16(8-14)18(19,20)21/h2-10H,1H3,(H3,22,23). The summed E-state index contributed by atoms with van der Waals surface area (Å²) in [6.07, 6.45) is -1.35. The highest BCUT2D eigenvalue weighted by molar-refractivity contribution is 5.96. The third-order valence-electron chi connectivity index (χ3n) is 3.83. The lowest BCUT2D eigenvalue weighted by atomic mass is 10.1. The molecule has 0 atom stereocenters. The van der Waals surface area contributed by atoms with Gasteiger partial charge in [0.2, 0.25) is 0 Å². The lowest BCUT2D eigenvalue weighted by molar-refractivity contribution is -0.137. The van der Waals surface area contributed by atoms with Crippen molar-refractivity contribution in [2.24, 2.45) is 5.73 Å². The van der Waals surface area contributed by atoms with Crippen LogP contribution in [-0.2, 0) is 6.18 Å². The van der Waals surface area contributed by atoms with Gasteiger partial charge in [0.25, 0.3) is 0 Å². The molecule has 1 aromatic heterocycles. The van der Waals surface area contributed by atoms with Crippen molar-refractivity contribution in [3.8, 4) is 16.8 Å². The SMILES string of the molecule is Cc1ccc(-c2cnn(-c3ccc(C(=N)N)c(C(F)(F)F)c3)c2)cc1. The molecule has 25 heavy (non-hydrogen) atoms. The Bertz CT molecular complexity index is 924. The average Bonchev–Trinajstić information content (AvgIpc) is 3.04. The van der Waals surface area contributed by atoms with Gasteiger partial charge in [0.1, 0.15) is 5.84 Å². The number of hydrogen-bond donors (Lipinski definition) is 2. The van der Waals surface area contributed by atoms with E-state index in [0.717, 1.165) is 22.8 Å². The molecule has 1 heterocycles. The van der Waals surface area contributed by atoms with E-state index in [-0.39, 0.29) is 11.3 Å². The molecule has 2 aromatic carbocycles. The van der Waals surface area contributed by atoms with Crippen LogP contribution in [0.4, 0.5) is 13.2 Å². The zero-order chi connectivity index (χ0) is 18.2. The quantitative estimate of drug-likeness (QED) is 0.554. The molecule has 0 saturated heterocycles. The second kappa shape index (κ2) is 6.08. The number of aromatic nitrogens is 2. The number of nitrogens with zero attached hydrogens (tertiary/aromatic N) is 2. The van der Waals surface area contributed by atoms with Crippen LogP contribution in [-0.4, -0.2) is 15.6 Å². The van der Waals surface area contributed by atoms with Crippen molar-refractivity contribution in [1.82, 2.24) is 9.78 Å². The molecule has 3 rings (SSSR count). The number of nitrogens with two attached hydrogens (primary N) is 1. The topological polar surface area (TPSA) is 67.7 Å². The largest absolute Gasteiger partial charge is 0.417 e. The lowest BCUT2D eigenvalue weighted by Crippen LogP contribution is -2.19. The maximum Gasteiger partial charge on any atom is 0.417 e. The molecule has 0 saturated carbocycles. The van der Waals surface area contributed by atoms with Gasteiger partial charge >= 0.3 is 6.18 Å². The number of amidine groups is 1. The number of rotatable bonds is 3. The van der Waals surface area contributed by atoms with E-state index in [9.17, 15) is 13.2 Å². The molecule has 0 spiro atoms. The molecule has 128 valence electrons. The van der Waals surface area contributed by atoms with Crippen LogP contribution in [0, 0.1) is 12.3 Å². The third-order valence-corrected chi connectivity index (χ3v) is 3.83. The first-order valence-corrected chi connectivity index (χ1v) is 7.43. The zero-order valence-electron chi connectivity index (χ0n) is 13.3. The molecule has 3 N–H and O–H groups in total. The van der Waals surface area contributed by atoms with Crippen molar-refractivity contribution >= 4 is 5.84 Å². The molecule has 4 nitrogen and oxygen atoms in total. The molecule has 0 aliphatic rings. The summed E-state index contributed by atoms with van der Waals surface area (Å²) in [6.45, 7) is 1.97. The first-order chi connectivity index (χ1) is 11.8. The number of hydrogen-bond acceptors (Lipinski definition) is 2. The number of nitrogen functional groups attached to an aromatic ring is 1. The number of nitrogens with one attached hydrogen (secondary N) is 1. The van der Waals surface area contributed by atoms with Crippen molar-refractivity contribution < 1.29 is 13.2 Å². The Balaban J connectivity index is 2.03. The molecule has 0 amide bonds. The Hall–Kier alpha value is -3.09. The summed E-state index contributed by atoms with van der Waals surface area (Å²) in [6, 6.07) is 11.4. The minimum Gasteiger partial charge on any atom is -0.384 e. The lowest BCUT2D eigenvalue weighted by Gasteiger charge is -2.13. The fourth-order valence-corrected chi connectivity index (χ4v) is 2.50. The van der Waals surface area contributed by atoms with Gasteiger partial charge in [-0.3, -0.25) is 5.41 Å². The van der Waals surface area contributed by atoms with E-state index in [0.29, 0.717) is 0 Å². The van der Waals surface area contributed by atoms with Crippen LogP contribution in [0.2, 0.25) is 0 Å². The molecule has 0 unspecified atom stereocenters. The van der Waals surface area contributed by atoms with Crippen LogP contribution >= 0.6 is 0 Å². The minimum atomic E-state index is -4.61. The summed E-state index contributed by atoms with van der Waals surface area (Å²) < 4.78 is 41.1. The van der Waals surface area contributed by atoms with Gasteiger partial charge in [-0.25, -0.2) is 4.68 Å². The number of benzene rings is 2. The predicted octanol–water partition coefficient (Wildman–Crippen LogP) is 4.15. The van der Waals surface area contributed by atoms with E-state index in [1.807, 2.05) is 31.2 Å². The first-order valence-electron chi connectivity index (χ1n) is 7.43. The van der Waals surface area contributed by atoms with Crippen LogP contribution in [0.25, 0.3) is 16.8 Å². The molecule has 0 radical (unpaired) electrons. The Morgan fingerprint density at radius 3 is 2.36 bits per heavy atom. The fraction of sp³-hybridized carbons (Fsp3) is 0.111. The normalized spacial score (nSPS) is 11.5. The van der Waals surface area contributed by atoms with Crippen LogP contribution in [0.1, 0.15) is 16.7 Å². The predicted molar refractivity (Wildman–Crippen MR) is 89.8 cm³/mol. The Kier molecular flexibility index (Phi) is 4.08. The van der Waals surface area contributed by atoms with Crippen molar-refractivity contribution in [2.75, 3.05) is 0 Å². The summed E-state index contributed by atoms with van der Waals surface area (Å²) in [5.41, 5.74) is 7.04.